The van der Waals surface area contributed by atoms with Gasteiger partial charge in [0.15, 0.2) is 0 Å². The Morgan fingerprint density at radius 3 is 1.80 bits per heavy atom. The molecule has 0 aliphatic rings. The van der Waals surface area contributed by atoms with Crippen molar-refractivity contribution in [3.8, 4) is 0 Å². The monoisotopic (exact) mass is 161 g/mol. The van der Waals surface area contributed by atoms with E-state index < -0.39 is 0 Å². The molecule has 0 saturated carbocycles. The van der Waals surface area contributed by atoms with Gasteiger partial charge in [0.2, 0.25) is 0 Å². The first-order chi connectivity index (χ1) is 4.46. The zero-order chi connectivity index (χ0) is 8.31. The van der Waals surface area contributed by atoms with Crippen LogP contribution in [0.3, 0.4) is 0 Å². The molecule has 0 unspecified atom stereocenters. The van der Waals surface area contributed by atoms with Crippen LogP contribution in [0.25, 0.3) is 0 Å². The van der Waals surface area contributed by atoms with Crippen LogP contribution in [0.5, 0.6) is 0 Å². The first-order valence-electron chi connectivity index (χ1n) is 3.52. The second-order valence-electron chi connectivity index (χ2n) is 3.00. The van der Waals surface area contributed by atoms with E-state index in [2.05, 4.69) is 18.7 Å². The number of hydrogen-bond donors (Lipinski definition) is 0. The van der Waals surface area contributed by atoms with Gasteiger partial charge in [0.1, 0.15) is 5.16 Å². The molecule has 0 heterocycles. The van der Waals surface area contributed by atoms with Gasteiger partial charge in [0.05, 0.1) is 0 Å². The molecule has 0 saturated heterocycles. The zero-order valence-electron chi connectivity index (χ0n) is 7.40. The normalized spacial score (nSPS) is 9.90. The first kappa shape index (κ1) is 9.83. The summed E-state index contributed by atoms with van der Waals surface area (Å²) in [6.45, 7) is 8.26. The second kappa shape index (κ2) is 3.87. The summed E-state index contributed by atoms with van der Waals surface area (Å²) in [5.74, 6) is 0. The SMILES string of the molecule is CC(C)=C(Cl)N(C)C(C)C. The molecule has 0 spiro atoms. The second-order valence-corrected chi connectivity index (χ2v) is 3.35. The van der Waals surface area contributed by atoms with Gasteiger partial charge in [-0.3, -0.25) is 0 Å². The molecule has 0 rings (SSSR count). The van der Waals surface area contributed by atoms with Crippen LogP contribution in [0.4, 0.5) is 0 Å². The van der Waals surface area contributed by atoms with E-state index in [0.29, 0.717) is 6.04 Å². The summed E-state index contributed by atoms with van der Waals surface area (Å²) in [4.78, 5) is 2.05. The minimum Gasteiger partial charge on any atom is -0.363 e. The molecule has 0 atom stereocenters. The fourth-order valence-corrected chi connectivity index (χ4v) is 0.775. The van der Waals surface area contributed by atoms with Crippen LogP contribution in [0.2, 0.25) is 0 Å². The maximum atomic E-state index is 5.97. The highest BCUT2D eigenvalue weighted by Crippen LogP contribution is 2.14. The third kappa shape index (κ3) is 2.61. The van der Waals surface area contributed by atoms with E-state index in [1.807, 2.05) is 20.9 Å². The molecule has 1 nitrogen and oxygen atoms in total. The standard InChI is InChI=1S/C8H16ClN/c1-6(2)8(9)10(5)7(3)4/h7H,1-5H3. The molecule has 2 heteroatoms. The van der Waals surface area contributed by atoms with Crippen molar-refractivity contribution in [2.75, 3.05) is 7.05 Å². The summed E-state index contributed by atoms with van der Waals surface area (Å²) in [7, 11) is 2.00. The van der Waals surface area contributed by atoms with Crippen LogP contribution in [-0.2, 0) is 0 Å². The fourth-order valence-electron chi connectivity index (χ4n) is 0.579. The first-order valence-corrected chi connectivity index (χ1v) is 3.90. The topological polar surface area (TPSA) is 3.24 Å². The lowest BCUT2D eigenvalue weighted by Gasteiger charge is -2.23. The van der Waals surface area contributed by atoms with Gasteiger partial charge in [-0.2, -0.15) is 0 Å². The van der Waals surface area contributed by atoms with Crippen molar-refractivity contribution in [2.24, 2.45) is 0 Å². The number of halogens is 1. The summed E-state index contributed by atoms with van der Waals surface area (Å²) < 4.78 is 0. The summed E-state index contributed by atoms with van der Waals surface area (Å²) in [6.07, 6.45) is 0. The summed E-state index contributed by atoms with van der Waals surface area (Å²) in [5.41, 5.74) is 1.16. The van der Waals surface area contributed by atoms with E-state index in [4.69, 9.17) is 11.6 Å². The van der Waals surface area contributed by atoms with Crippen LogP contribution in [0, 0.1) is 0 Å². The van der Waals surface area contributed by atoms with Gasteiger partial charge in [0.25, 0.3) is 0 Å². The lowest BCUT2D eigenvalue weighted by Crippen LogP contribution is -2.23. The average Bonchev–Trinajstić information content (AvgIpc) is 1.84. The van der Waals surface area contributed by atoms with Gasteiger partial charge in [-0.05, 0) is 33.3 Å². The van der Waals surface area contributed by atoms with E-state index in [0.717, 1.165) is 10.7 Å². The lowest BCUT2D eigenvalue weighted by molar-refractivity contribution is 0.362. The zero-order valence-corrected chi connectivity index (χ0v) is 8.16. The highest BCUT2D eigenvalue weighted by Gasteiger charge is 2.05. The lowest BCUT2D eigenvalue weighted by atomic mass is 10.3. The molecule has 0 aromatic rings. The number of nitrogens with zero attached hydrogens (tertiary/aromatic N) is 1. The van der Waals surface area contributed by atoms with E-state index in [1.165, 1.54) is 0 Å². The Morgan fingerprint density at radius 1 is 1.30 bits per heavy atom. The van der Waals surface area contributed by atoms with Crippen molar-refractivity contribution in [1.29, 1.82) is 0 Å². The van der Waals surface area contributed by atoms with Crippen molar-refractivity contribution >= 4 is 11.6 Å². The van der Waals surface area contributed by atoms with Gasteiger partial charge in [-0.1, -0.05) is 11.6 Å². The molecule has 0 aliphatic carbocycles. The van der Waals surface area contributed by atoms with Gasteiger partial charge in [0, 0.05) is 13.1 Å². The Morgan fingerprint density at radius 2 is 1.70 bits per heavy atom. The van der Waals surface area contributed by atoms with E-state index in [9.17, 15) is 0 Å². The molecule has 0 aromatic heterocycles. The molecular weight excluding hydrogens is 146 g/mol. The largest absolute Gasteiger partial charge is 0.363 e. The highest BCUT2D eigenvalue weighted by atomic mass is 35.5. The summed E-state index contributed by atoms with van der Waals surface area (Å²) in [6, 6.07) is 0.474. The molecule has 0 aromatic carbocycles. The number of rotatable bonds is 2. The Hall–Kier alpha value is -0.170. The smallest absolute Gasteiger partial charge is 0.103 e. The van der Waals surface area contributed by atoms with Crippen molar-refractivity contribution in [1.82, 2.24) is 4.90 Å². The highest BCUT2D eigenvalue weighted by molar-refractivity contribution is 6.29. The van der Waals surface area contributed by atoms with Gasteiger partial charge < -0.3 is 4.90 Å². The van der Waals surface area contributed by atoms with Crippen molar-refractivity contribution in [2.45, 2.75) is 33.7 Å². The molecule has 0 radical (unpaired) electrons. The van der Waals surface area contributed by atoms with E-state index in [1.54, 1.807) is 0 Å². The third-order valence-corrected chi connectivity index (χ3v) is 2.14. The molecule has 0 N–H and O–H groups in total. The van der Waals surface area contributed by atoms with Gasteiger partial charge >= 0.3 is 0 Å². The van der Waals surface area contributed by atoms with Crippen molar-refractivity contribution in [3.63, 3.8) is 0 Å². The van der Waals surface area contributed by atoms with Crippen LogP contribution < -0.4 is 0 Å². The number of hydrogen-bond acceptors (Lipinski definition) is 1. The average molecular weight is 162 g/mol. The number of allylic oxidation sites excluding steroid dienone is 1. The minimum atomic E-state index is 0.474. The Labute approximate surface area is 68.7 Å². The quantitative estimate of drug-likeness (QED) is 0.563. The molecule has 0 fully saturated rings. The van der Waals surface area contributed by atoms with E-state index >= 15 is 0 Å². The molecule has 0 bridgehead atoms. The Bertz CT molecular complexity index is 134. The van der Waals surface area contributed by atoms with Crippen LogP contribution >= 0.6 is 11.6 Å². The predicted octanol–water partition coefficient (Wildman–Crippen LogP) is 2.82. The van der Waals surface area contributed by atoms with Crippen LogP contribution in [-0.4, -0.2) is 18.0 Å². The molecule has 0 amide bonds. The van der Waals surface area contributed by atoms with Crippen LogP contribution in [0.1, 0.15) is 27.7 Å². The van der Waals surface area contributed by atoms with Gasteiger partial charge in [-0.25, -0.2) is 0 Å². The summed E-state index contributed by atoms with van der Waals surface area (Å²) >= 11 is 5.97. The fraction of sp³-hybridized carbons (Fsp3) is 0.750. The summed E-state index contributed by atoms with van der Waals surface area (Å²) in [5, 5.41) is 0.856. The predicted molar refractivity (Wildman–Crippen MR) is 47.1 cm³/mol. The Balaban J connectivity index is 4.22. The molecule has 60 valence electrons. The maximum Gasteiger partial charge on any atom is 0.103 e. The Kier molecular flexibility index (Phi) is 3.80. The van der Waals surface area contributed by atoms with Crippen molar-refractivity contribution < 1.29 is 0 Å². The molecule has 0 aliphatic heterocycles. The minimum absolute atomic E-state index is 0.474. The van der Waals surface area contributed by atoms with Crippen molar-refractivity contribution in [3.05, 3.63) is 10.7 Å². The molecular formula is C8H16ClN. The van der Waals surface area contributed by atoms with Crippen LogP contribution in [0.15, 0.2) is 10.7 Å². The molecule has 10 heavy (non-hydrogen) atoms. The third-order valence-electron chi connectivity index (χ3n) is 1.50. The maximum absolute atomic E-state index is 5.97. The van der Waals surface area contributed by atoms with E-state index in [-0.39, 0.29) is 0 Å². The van der Waals surface area contributed by atoms with Gasteiger partial charge in [-0.15, -0.1) is 0 Å².